The molecule has 0 amide bonds. The van der Waals surface area contributed by atoms with Gasteiger partial charge < -0.3 is 15.3 Å². The first-order valence-corrected chi connectivity index (χ1v) is 8.31. The van der Waals surface area contributed by atoms with E-state index in [1.54, 1.807) is 6.07 Å². The third-order valence-electron chi connectivity index (χ3n) is 4.44. The molecule has 1 aliphatic heterocycles. The average molecular weight is 290 g/mol. The minimum atomic E-state index is 0.189. The molecule has 1 heterocycles. The second-order valence-corrected chi connectivity index (χ2v) is 6.66. The molecule has 1 aromatic carbocycles. The van der Waals surface area contributed by atoms with Crippen molar-refractivity contribution in [3.63, 3.8) is 0 Å². The van der Waals surface area contributed by atoms with Gasteiger partial charge in [0.2, 0.25) is 0 Å². The van der Waals surface area contributed by atoms with Gasteiger partial charge in [0, 0.05) is 18.2 Å². The van der Waals surface area contributed by atoms with Gasteiger partial charge in [-0.1, -0.05) is 31.0 Å². The van der Waals surface area contributed by atoms with E-state index >= 15 is 0 Å². The Kier molecular flexibility index (Phi) is 6.07. The molecule has 3 heteroatoms. The minimum absolute atomic E-state index is 0.189. The van der Waals surface area contributed by atoms with Crippen molar-refractivity contribution < 1.29 is 5.11 Å². The number of aromatic hydroxyl groups is 1. The van der Waals surface area contributed by atoms with E-state index < -0.39 is 0 Å². The van der Waals surface area contributed by atoms with Gasteiger partial charge in [0.15, 0.2) is 0 Å². The molecule has 118 valence electrons. The third-order valence-corrected chi connectivity index (χ3v) is 4.44. The molecule has 2 N–H and O–H groups in total. The lowest BCUT2D eigenvalue weighted by atomic mass is 10.0. The van der Waals surface area contributed by atoms with Crippen molar-refractivity contribution in [2.75, 3.05) is 26.2 Å². The lowest BCUT2D eigenvalue weighted by Gasteiger charge is -2.29. The Morgan fingerprint density at radius 3 is 2.62 bits per heavy atom. The Morgan fingerprint density at radius 1 is 1.19 bits per heavy atom. The Bertz CT molecular complexity index is 441. The molecule has 0 saturated carbocycles. The zero-order valence-electron chi connectivity index (χ0n) is 13.7. The number of phenolic OH excluding ortho intramolecular Hbond substituents is 1. The first kappa shape index (κ1) is 16.3. The molecule has 0 bridgehead atoms. The summed E-state index contributed by atoms with van der Waals surface area (Å²) in [4.78, 5) is 2.59. The lowest BCUT2D eigenvalue weighted by Crippen LogP contribution is -2.37. The van der Waals surface area contributed by atoms with Gasteiger partial charge in [0.05, 0.1) is 0 Å². The van der Waals surface area contributed by atoms with Crippen LogP contribution in [0.25, 0.3) is 0 Å². The first-order valence-electron chi connectivity index (χ1n) is 8.31. The predicted octanol–water partition coefficient (Wildman–Crippen LogP) is 3.47. The molecule has 2 unspecified atom stereocenters. The van der Waals surface area contributed by atoms with Crippen LogP contribution in [-0.4, -0.2) is 36.2 Å². The molecule has 1 saturated heterocycles. The van der Waals surface area contributed by atoms with Gasteiger partial charge in [-0.2, -0.15) is 0 Å². The highest BCUT2D eigenvalue weighted by atomic mass is 16.3. The van der Waals surface area contributed by atoms with E-state index in [9.17, 15) is 5.11 Å². The zero-order chi connectivity index (χ0) is 15.2. The van der Waals surface area contributed by atoms with Crippen LogP contribution in [-0.2, 0) is 0 Å². The number of nitrogens with one attached hydrogen (secondary N) is 1. The molecule has 0 aromatic heterocycles. The summed E-state index contributed by atoms with van der Waals surface area (Å²) >= 11 is 0. The number of phenols is 1. The molecule has 1 aromatic rings. The van der Waals surface area contributed by atoms with Gasteiger partial charge in [0.1, 0.15) is 5.75 Å². The maximum absolute atomic E-state index is 9.98. The second-order valence-electron chi connectivity index (χ2n) is 6.66. The Balaban J connectivity index is 1.79. The highest BCUT2D eigenvalue weighted by molar-refractivity contribution is 5.37. The van der Waals surface area contributed by atoms with E-state index in [4.69, 9.17) is 0 Å². The molecule has 1 fully saturated rings. The van der Waals surface area contributed by atoms with Crippen molar-refractivity contribution in [1.82, 2.24) is 10.2 Å². The summed E-state index contributed by atoms with van der Waals surface area (Å²) in [6.45, 7) is 11.2. The molecule has 21 heavy (non-hydrogen) atoms. The summed E-state index contributed by atoms with van der Waals surface area (Å²) < 4.78 is 0. The monoisotopic (exact) mass is 290 g/mol. The standard InChI is InChI=1S/C18H30N2O/c1-14-7-8-18(21)17(11-14)16(3)19-12-15(2)13-20-9-5-4-6-10-20/h7-8,11,15-16,19,21H,4-6,9-10,12-13H2,1-3H3. The number of hydrogen-bond donors (Lipinski definition) is 2. The van der Waals surface area contributed by atoms with Gasteiger partial charge >= 0.3 is 0 Å². The number of hydrogen-bond acceptors (Lipinski definition) is 3. The van der Waals surface area contributed by atoms with Crippen LogP contribution >= 0.6 is 0 Å². The van der Waals surface area contributed by atoms with E-state index in [2.05, 4.69) is 37.1 Å². The van der Waals surface area contributed by atoms with Crippen molar-refractivity contribution in [3.05, 3.63) is 29.3 Å². The highest BCUT2D eigenvalue weighted by Crippen LogP contribution is 2.25. The van der Waals surface area contributed by atoms with E-state index in [-0.39, 0.29) is 6.04 Å². The average Bonchev–Trinajstić information content (AvgIpc) is 2.48. The predicted molar refractivity (Wildman–Crippen MR) is 88.7 cm³/mol. The molecule has 2 rings (SSSR count). The number of piperidine rings is 1. The largest absolute Gasteiger partial charge is 0.508 e. The maximum atomic E-state index is 9.98. The molecule has 0 aliphatic carbocycles. The number of likely N-dealkylation sites (tertiary alicyclic amines) is 1. The van der Waals surface area contributed by atoms with Crippen LogP contribution in [0.1, 0.15) is 50.3 Å². The summed E-state index contributed by atoms with van der Waals surface area (Å²) in [6.07, 6.45) is 4.11. The van der Waals surface area contributed by atoms with Gasteiger partial charge in [0.25, 0.3) is 0 Å². The summed E-state index contributed by atoms with van der Waals surface area (Å²) in [5.74, 6) is 1.03. The smallest absolute Gasteiger partial charge is 0.120 e. The van der Waals surface area contributed by atoms with Crippen molar-refractivity contribution in [3.8, 4) is 5.75 Å². The molecular weight excluding hydrogens is 260 g/mol. The third kappa shape index (κ3) is 5.01. The summed E-state index contributed by atoms with van der Waals surface area (Å²) in [5, 5.41) is 13.6. The molecule has 1 aliphatic rings. The SMILES string of the molecule is Cc1ccc(O)c(C(C)NCC(C)CN2CCCCC2)c1. The Hall–Kier alpha value is -1.06. The fraction of sp³-hybridized carbons (Fsp3) is 0.667. The van der Waals surface area contributed by atoms with E-state index in [0.717, 1.165) is 12.1 Å². The number of rotatable bonds is 6. The second kappa shape index (κ2) is 7.81. The summed E-state index contributed by atoms with van der Waals surface area (Å²) in [7, 11) is 0. The normalized spacial score (nSPS) is 19.4. The van der Waals surface area contributed by atoms with E-state index in [1.807, 2.05) is 6.07 Å². The maximum Gasteiger partial charge on any atom is 0.120 e. The Morgan fingerprint density at radius 2 is 1.90 bits per heavy atom. The van der Waals surface area contributed by atoms with Gasteiger partial charge in [-0.25, -0.2) is 0 Å². The van der Waals surface area contributed by atoms with Crippen LogP contribution in [0, 0.1) is 12.8 Å². The van der Waals surface area contributed by atoms with Crippen molar-refractivity contribution in [2.24, 2.45) is 5.92 Å². The molecule has 0 spiro atoms. The van der Waals surface area contributed by atoms with Crippen LogP contribution in [0.2, 0.25) is 0 Å². The topological polar surface area (TPSA) is 35.5 Å². The first-order chi connectivity index (χ1) is 10.1. The highest BCUT2D eigenvalue weighted by Gasteiger charge is 2.15. The van der Waals surface area contributed by atoms with Crippen LogP contribution < -0.4 is 5.32 Å². The van der Waals surface area contributed by atoms with Crippen LogP contribution in [0.4, 0.5) is 0 Å². The van der Waals surface area contributed by atoms with E-state index in [1.165, 1.54) is 44.5 Å². The molecule has 0 radical (unpaired) electrons. The zero-order valence-corrected chi connectivity index (χ0v) is 13.7. The van der Waals surface area contributed by atoms with Crippen molar-refractivity contribution in [1.29, 1.82) is 0 Å². The molecular formula is C18H30N2O. The Labute approximate surface area is 129 Å². The fourth-order valence-corrected chi connectivity index (χ4v) is 3.16. The van der Waals surface area contributed by atoms with Gasteiger partial charge in [-0.05, 0) is 58.3 Å². The van der Waals surface area contributed by atoms with Gasteiger partial charge in [-0.3, -0.25) is 0 Å². The van der Waals surface area contributed by atoms with Crippen molar-refractivity contribution in [2.45, 2.75) is 46.1 Å². The lowest BCUT2D eigenvalue weighted by molar-refractivity contribution is 0.197. The van der Waals surface area contributed by atoms with Crippen molar-refractivity contribution >= 4 is 0 Å². The van der Waals surface area contributed by atoms with Crippen LogP contribution in [0.5, 0.6) is 5.75 Å². The quantitative estimate of drug-likeness (QED) is 0.842. The van der Waals surface area contributed by atoms with E-state index in [0.29, 0.717) is 11.7 Å². The summed E-state index contributed by atoms with van der Waals surface area (Å²) in [6, 6.07) is 6.00. The van der Waals surface area contributed by atoms with Gasteiger partial charge in [-0.15, -0.1) is 0 Å². The fourth-order valence-electron chi connectivity index (χ4n) is 3.16. The number of nitrogens with zero attached hydrogens (tertiary/aromatic N) is 1. The number of aryl methyl sites for hydroxylation is 1. The minimum Gasteiger partial charge on any atom is -0.508 e. The number of benzene rings is 1. The van der Waals surface area contributed by atoms with Crippen LogP contribution in [0.15, 0.2) is 18.2 Å². The van der Waals surface area contributed by atoms with Crippen LogP contribution in [0.3, 0.4) is 0 Å². The molecule has 2 atom stereocenters. The summed E-state index contributed by atoms with van der Waals surface area (Å²) in [5.41, 5.74) is 2.19. The molecule has 3 nitrogen and oxygen atoms in total.